The zero-order valence-corrected chi connectivity index (χ0v) is 16.2. The third-order valence-electron chi connectivity index (χ3n) is 3.95. The molecule has 1 amide bonds. The van der Waals surface area contributed by atoms with Crippen LogP contribution in [0.3, 0.4) is 0 Å². The van der Waals surface area contributed by atoms with Crippen molar-refractivity contribution in [1.29, 1.82) is 0 Å². The van der Waals surface area contributed by atoms with Gasteiger partial charge in [0.15, 0.2) is 12.0 Å². The van der Waals surface area contributed by atoms with Gasteiger partial charge in [0.1, 0.15) is 11.6 Å². The lowest BCUT2D eigenvalue weighted by Crippen LogP contribution is -2.44. The van der Waals surface area contributed by atoms with Gasteiger partial charge in [-0.2, -0.15) is 0 Å². The first-order chi connectivity index (χ1) is 13.2. The van der Waals surface area contributed by atoms with E-state index in [-0.39, 0.29) is 22.7 Å². The number of ether oxygens (including phenoxy) is 2. The molecule has 1 aromatic heterocycles. The smallest absolute Gasteiger partial charge is 0.374 e. The molecule has 8 nitrogen and oxygen atoms in total. The minimum Gasteiger partial charge on any atom is -0.467 e. The Labute approximate surface area is 161 Å². The summed E-state index contributed by atoms with van der Waals surface area (Å²) >= 11 is 0. The van der Waals surface area contributed by atoms with Crippen LogP contribution in [0, 0.1) is 12.8 Å². The Morgan fingerprint density at radius 2 is 1.89 bits per heavy atom. The monoisotopic (exact) mass is 389 g/mol. The lowest BCUT2D eigenvalue weighted by Gasteiger charge is -2.18. The Kier molecular flexibility index (Phi) is 6.92. The Balaban J connectivity index is 2.04. The Bertz CT molecular complexity index is 945. The Hall–Kier alpha value is -3.16. The van der Waals surface area contributed by atoms with Crippen LogP contribution >= 0.6 is 0 Å². The van der Waals surface area contributed by atoms with E-state index in [0.717, 1.165) is 11.6 Å². The predicted octanol–water partition coefficient (Wildman–Crippen LogP) is 1.96. The highest BCUT2D eigenvalue weighted by molar-refractivity contribution is 5.91. The number of fused-ring (bicyclic) bond motifs is 1. The number of nitrogens with one attached hydrogen (secondary N) is 1. The molecule has 2 aromatic rings. The van der Waals surface area contributed by atoms with Crippen LogP contribution in [0.4, 0.5) is 0 Å². The van der Waals surface area contributed by atoms with Crippen molar-refractivity contribution in [3.63, 3.8) is 0 Å². The van der Waals surface area contributed by atoms with Crippen molar-refractivity contribution in [3.05, 3.63) is 45.8 Å². The van der Waals surface area contributed by atoms with E-state index in [0.29, 0.717) is 11.8 Å². The SMILES string of the molecule is COC(=O)[C@@H](CC(C)C)NC(=O)COC(=O)c1cc(=O)c2cc(C)ccc2o1. The number of rotatable bonds is 7. The van der Waals surface area contributed by atoms with Gasteiger partial charge in [0.2, 0.25) is 5.76 Å². The van der Waals surface area contributed by atoms with Crippen molar-refractivity contribution in [3.8, 4) is 0 Å². The molecule has 0 bridgehead atoms. The molecule has 0 aliphatic heterocycles. The second-order valence-corrected chi connectivity index (χ2v) is 6.82. The van der Waals surface area contributed by atoms with Crippen LogP contribution in [-0.2, 0) is 19.1 Å². The topological polar surface area (TPSA) is 112 Å². The molecule has 1 aromatic carbocycles. The summed E-state index contributed by atoms with van der Waals surface area (Å²) in [5, 5.41) is 2.82. The average Bonchev–Trinajstić information content (AvgIpc) is 2.64. The minimum absolute atomic E-state index is 0.141. The van der Waals surface area contributed by atoms with Crippen molar-refractivity contribution >= 4 is 28.8 Å². The van der Waals surface area contributed by atoms with Crippen LogP contribution < -0.4 is 10.7 Å². The Morgan fingerprint density at radius 3 is 2.54 bits per heavy atom. The highest BCUT2D eigenvalue weighted by atomic mass is 16.5. The van der Waals surface area contributed by atoms with Crippen molar-refractivity contribution in [2.45, 2.75) is 33.2 Å². The van der Waals surface area contributed by atoms with Crippen LogP contribution in [0.5, 0.6) is 0 Å². The number of esters is 2. The quantitative estimate of drug-likeness (QED) is 0.721. The fraction of sp³-hybridized carbons (Fsp3) is 0.400. The van der Waals surface area contributed by atoms with Gasteiger partial charge >= 0.3 is 11.9 Å². The number of carbonyl (C=O) groups is 3. The van der Waals surface area contributed by atoms with Gasteiger partial charge in [0.25, 0.3) is 5.91 Å². The zero-order valence-electron chi connectivity index (χ0n) is 16.2. The first-order valence-corrected chi connectivity index (χ1v) is 8.80. The van der Waals surface area contributed by atoms with Crippen LogP contribution in [0.25, 0.3) is 11.0 Å². The van der Waals surface area contributed by atoms with E-state index in [4.69, 9.17) is 9.15 Å². The first-order valence-electron chi connectivity index (χ1n) is 8.80. The highest BCUT2D eigenvalue weighted by Crippen LogP contribution is 2.14. The lowest BCUT2D eigenvalue weighted by atomic mass is 10.0. The second-order valence-electron chi connectivity index (χ2n) is 6.82. The molecule has 0 saturated heterocycles. The zero-order chi connectivity index (χ0) is 20.8. The number of benzene rings is 1. The molecule has 8 heteroatoms. The molecule has 0 saturated carbocycles. The number of hydrogen-bond donors (Lipinski definition) is 1. The summed E-state index contributed by atoms with van der Waals surface area (Å²) < 4.78 is 15.0. The van der Waals surface area contributed by atoms with E-state index in [9.17, 15) is 19.2 Å². The van der Waals surface area contributed by atoms with Gasteiger partial charge in [0.05, 0.1) is 12.5 Å². The van der Waals surface area contributed by atoms with Crippen LogP contribution in [-0.4, -0.2) is 37.6 Å². The van der Waals surface area contributed by atoms with Gasteiger partial charge in [-0.15, -0.1) is 0 Å². The molecule has 0 radical (unpaired) electrons. The number of aryl methyl sites for hydroxylation is 1. The molecule has 1 heterocycles. The van der Waals surface area contributed by atoms with Gasteiger partial charge in [0, 0.05) is 6.07 Å². The molecular weight excluding hydrogens is 366 g/mol. The molecule has 0 aliphatic carbocycles. The fourth-order valence-electron chi connectivity index (χ4n) is 2.64. The standard InChI is InChI=1S/C20H23NO7/c1-11(2)7-14(19(24)26-4)21-18(23)10-27-20(25)17-9-15(22)13-8-12(3)5-6-16(13)28-17/h5-6,8-9,11,14H,7,10H2,1-4H3,(H,21,23)/t14-/m1/s1. The predicted molar refractivity (Wildman–Crippen MR) is 101 cm³/mol. The van der Waals surface area contributed by atoms with Crippen molar-refractivity contribution in [2.75, 3.05) is 13.7 Å². The summed E-state index contributed by atoms with van der Waals surface area (Å²) in [5.74, 6) is -2.36. The summed E-state index contributed by atoms with van der Waals surface area (Å²) in [4.78, 5) is 48.0. The second kappa shape index (κ2) is 9.16. The summed E-state index contributed by atoms with van der Waals surface area (Å²) in [6.45, 7) is 5.00. The normalized spacial score (nSPS) is 11.9. The van der Waals surface area contributed by atoms with Crippen LogP contribution in [0.15, 0.2) is 33.5 Å². The molecule has 1 atom stereocenters. The van der Waals surface area contributed by atoms with Crippen molar-refractivity contribution < 1.29 is 28.3 Å². The van der Waals surface area contributed by atoms with E-state index < -0.39 is 30.5 Å². The molecule has 150 valence electrons. The third kappa shape index (κ3) is 5.42. The van der Waals surface area contributed by atoms with Gasteiger partial charge < -0.3 is 19.2 Å². The van der Waals surface area contributed by atoms with E-state index in [2.05, 4.69) is 10.1 Å². The maximum absolute atomic E-state index is 12.2. The van der Waals surface area contributed by atoms with Gasteiger partial charge in [-0.25, -0.2) is 9.59 Å². The van der Waals surface area contributed by atoms with Crippen molar-refractivity contribution in [2.24, 2.45) is 5.92 Å². The molecule has 0 fully saturated rings. The fourth-order valence-corrected chi connectivity index (χ4v) is 2.64. The number of methoxy groups -OCH3 is 1. The summed E-state index contributed by atoms with van der Waals surface area (Å²) in [6.07, 6.45) is 0.380. The van der Waals surface area contributed by atoms with E-state index in [1.807, 2.05) is 20.8 Å². The van der Waals surface area contributed by atoms with E-state index in [1.54, 1.807) is 18.2 Å². The largest absolute Gasteiger partial charge is 0.467 e. The molecule has 28 heavy (non-hydrogen) atoms. The minimum atomic E-state index is -0.951. The van der Waals surface area contributed by atoms with Crippen molar-refractivity contribution in [1.82, 2.24) is 5.32 Å². The maximum atomic E-state index is 12.2. The van der Waals surface area contributed by atoms with Gasteiger partial charge in [-0.1, -0.05) is 25.5 Å². The summed E-state index contributed by atoms with van der Waals surface area (Å²) in [6, 6.07) is 5.18. The van der Waals surface area contributed by atoms with Gasteiger partial charge in [-0.05, 0) is 31.4 Å². The first kappa shape index (κ1) is 21.1. The molecule has 0 spiro atoms. The summed E-state index contributed by atoms with van der Waals surface area (Å²) in [7, 11) is 1.23. The molecular formula is C20H23NO7. The Morgan fingerprint density at radius 1 is 1.18 bits per heavy atom. The molecule has 1 N–H and O–H groups in total. The van der Waals surface area contributed by atoms with Crippen LogP contribution in [0.1, 0.15) is 36.4 Å². The summed E-state index contributed by atoms with van der Waals surface area (Å²) in [5.41, 5.74) is 0.745. The van der Waals surface area contributed by atoms with E-state index >= 15 is 0 Å². The number of carbonyl (C=O) groups excluding carboxylic acids is 3. The van der Waals surface area contributed by atoms with Crippen LogP contribution in [0.2, 0.25) is 0 Å². The molecule has 2 rings (SSSR count). The van der Waals surface area contributed by atoms with E-state index in [1.165, 1.54) is 7.11 Å². The third-order valence-corrected chi connectivity index (χ3v) is 3.95. The van der Waals surface area contributed by atoms with Gasteiger partial charge in [-0.3, -0.25) is 9.59 Å². The number of hydrogen-bond acceptors (Lipinski definition) is 7. The maximum Gasteiger partial charge on any atom is 0.374 e. The lowest BCUT2D eigenvalue weighted by molar-refractivity contribution is -0.145. The molecule has 0 aliphatic rings. The number of amides is 1. The highest BCUT2D eigenvalue weighted by Gasteiger charge is 2.23. The average molecular weight is 389 g/mol. The molecule has 0 unspecified atom stereocenters.